The van der Waals surface area contributed by atoms with Crippen molar-refractivity contribution in [3.63, 3.8) is 0 Å². The Kier molecular flexibility index (Phi) is 7.67. The fourth-order valence-corrected chi connectivity index (χ4v) is 8.26. The minimum absolute atomic E-state index is 0.0542. The van der Waals surface area contributed by atoms with Crippen LogP contribution in [0, 0.1) is 28.6 Å². The van der Waals surface area contributed by atoms with Crippen molar-refractivity contribution < 1.29 is 57.4 Å². The molecule has 0 radical (unpaired) electrons. The number of ether oxygens (including phenoxy) is 7. The van der Waals surface area contributed by atoms with E-state index >= 15 is 0 Å². The number of fused-ring (bicyclic) bond motifs is 3. The predicted octanol–water partition coefficient (Wildman–Crippen LogP) is 2.19. The molecular formula is C30H42O12. The normalized spacial score (nSPS) is 43.5. The second kappa shape index (κ2) is 10.5. The van der Waals surface area contributed by atoms with E-state index in [0.717, 1.165) is 0 Å². The highest BCUT2D eigenvalue weighted by Crippen LogP contribution is 2.70. The molecule has 42 heavy (non-hydrogen) atoms. The van der Waals surface area contributed by atoms with E-state index in [-0.39, 0.29) is 37.6 Å². The van der Waals surface area contributed by atoms with E-state index in [0.29, 0.717) is 12.8 Å². The Morgan fingerprint density at radius 2 is 1.71 bits per heavy atom. The summed E-state index contributed by atoms with van der Waals surface area (Å²) in [4.78, 5) is 49.8. The molecule has 2 saturated carbocycles. The van der Waals surface area contributed by atoms with Crippen LogP contribution in [0.2, 0.25) is 0 Å². The Hall–Kier alpha value is -2.70. The molecule has 12 nitrogen and oxygen atoms in total. The number of rotatable bonds is 7. The van der Waals surface area contributed by atoms with Crippen molar-refractivity contribution in [1.82, 2.24) is 0 Å². The number of carbonyl (C=O) groups excluding carboxylic acids is 4. The van der Waals surface area contributed by atoms with Gasteiger partial charge in [0.1, 0.15) is 18.3 Å². The van der Waals surface area contributed by atoms with Crippen LogP contribution < -0.4 is 0 Å². The molecule has 11 atom stereocenters. The highest BCUT2D eigenvalue weighted by Gasteiger charge is 2.81. The van der Waals surface area contributed by atoms with Gasteiger partial charge in [-0.1, -0.05) is 13.8 Å². The first-order chi connectivity index (χ1) is 19.6. The Labute approximate surface area is 245 Å². The fraction of sp³-hybridized carbons (Fsp3) is 0.800. The lowest BCUT2D eigenvalue weighted by Gasteiger charge is -2.65. The molecule has 5 aliphatic rings. The van der Waals surface area contributed by atoms with E-state index in [1.54, 1.807) is 6.26 Å². The summed E-state index contributed by atoms with van der Waals surface area (Å²) < 4.78 is 41.2. The predicted molar refractivity (Wildman–Crippen MR) is 142 cm³/mol. The van der Waals surface area contributed by atoms with Crippen molar-refractivity contribution in [1.29, 1.82) is 0 Å². The molecule has 0 aromatic rings. The molecule has 0 unspecified atom stereocenters. The summed E-state index contributed by atoms with van der Waals surface area (Å²) in [6, 6.07) is 0. The van der Waals surface area contributed by atoms with Crippen LogP contribution in [0.15, 0.2) is 12.3 Å². The largest absolute Gasteiger partial charge is 0.472 e. The number of aliphatic hydroxyl groups is 1. The topological polar surface area (TPSA) is 156 Å². The van der Waals surface area contributed by atoms with Crippen molar-refractivity contribution in [3.8, 4) is 0 Å². The van der Waals surface area contributed by atoms with Crippen molar-refractivity contribution >= 4 is 23.9 Å². The van der Waals surface area contributed by atoms with E-state index in [4.69, 9.17) is 33.2 Å². The molecular weight excluding hydrogens is 552 g/mol. The van der Waals surface area contributed by atoms with Crippen LogP contribution in [0.5, 0.6) is 0 Å². The Morgan fingerprint density at radius 3 is 2.29 bits per heavy atom. The lowest BCUT2D eigenvalue weighted by molar-refractivity contribution is -0.285. The van der Waals surface area contributed by atoms with Gasteiger partial charge < -0.3 is 38.3 Å². The third kappa shape index (κ3) is 4.70. The van der Waals surface area contributed by atoms with Gasteiger partial charge in [-0.3, -0.25) is 14.4 Å². The maximum absolute atomic E-state index is 13.3. The van der Waals surface area contributed by atoms with Crippen LogP contribution in [0.4, 0.5) is 0 Å². The first kappa shape index (κ1) is 30.7. The quantitative estimate of drug-likeness (QED) is 0.261. The molecule has 12 heteroatoms. The number of aliphatic hydroxyl groups excluding tert-OH is 1. The maximum Gasteiger partial charge on any atom is 0.350 e. The van der Waals surface area contributed by atoms with Gasteiger partial charge in [-0.05, 0) is 51.0 Å². The number of hydrogen-bond acceptors (Lipinski definition) is 12. The van der Waals surface area contributed by atoms with Gasteiger partial charge in [0, 0.05) is 32.1 Å². The zero-order chi connectivity index (χ0) is 30.8. The van der Waals surface area contributed by atoms with Gasteiger partial charge in [0.2, 0.25) is 11.9 Å². The number of hydrogen-bond donors (Lipinski definition) is 1. The standard InChI is InChI=1S/C30H42O12/c1-15-10-23(39-17(3)32)29(13-37-16(2)31)21(28(15,7)22-11-19-8-9-36-25(19)40-22)12-20(34)24(30(29)14-38-30)41-26(35)27(5,6)42-18(4)33/h8-9,15,19-25,34H,10-14H2,1-7H3/t15-,19-,20-,21-,22+,23+,24+,25+,28+,29+,30-/m1/s1. The third-order valence-electron chi connectivity index (χ3n) is 10.4. The average molecular weight is 595 g/mol. The summed E-state index contributed by atoms with van der Waals surface area (Å²) in [6.07, 6.45) is 0.893. The van der Waals surface area contributed by atoms with Gasteiger partial charge in [0.25, 0.3) is 0 Å². The molecule has 0 aromatic heterocycles. The molecule has 3 aliphatic heterocycles. The van der Waals surface area contributed by atoms with Crippen molar-refractivity contribution in [2.24, 2.45) is 28.6 Å². The molecule has 2 aliphatic carbocycles. The number of esters is 4. The highest BCUT2D eigenvalue weighted by atomic mass is 16.7. The third-order valence-corrected chi connectivity index (χ3v) is 10.4. The van der Waals surface area contributed by atoms with Crippen molar-refractivity contribution in [2.45, 2.75) is 110 Å². The molecule has 0 amide bonds. The molecule has 4 fully saturated rings. The lowest BCUT2D eigenvalue weighted by atomic mass is 9.41. The number of carbonyl (C=O) groups is 4. The number of epoxide rings is 1. The molecule has 1 spiro atoms. The summed E-state index contributed by atoms with van der Waals surface area (Å²) in [5, 5.41) is 11.7. The van der Waals surface area contributed by atoms with Gasteiger partial charge in [0.05, 0.1) is 30.5 Å². The SMILES string of the molecule is CC(=O)OC[C@@]12[C@@H](OC(C)=O)C[C@@H](C)[C@](C)([C@@H]3C[C@H]4C=CO[C@H]4O3)[C@H]1C[C@@H](O)[C@H](OC(=O)C(C)(C)OC(C)=O)[C@]21CO1. The zero-order valence-electron chi connectivity index (χ0n) is 25.2. The van der Waals surface area contributed by atoms with Gasteiger partial charge in [0.15, 0.2) is 6.10 Å². The van der Waals surface area contributed by atoms with Crippen LogP contribution in [-0.4, -0.2) is 84.1 Å². The van der Waals surface area contributed by atoms with E-state index < -0.39 is 76.4 Å². The van der Waals surface area contributed by atoms with Crippen LogP contribution in [0.25, 0.3) is 0 Å². The molecule has 234 valence electrons. The van der Waals surface area contributed by atoms with E-state index in [9.17, 15) is 24.3 Å². The molecule has 3 heterocycles. The van der Waals surface area contributed by atoms with Crippen molar-refractivity contribution in [2.75, 3.05) is 13.2 Å². The Bertz CT molecular complexity index is 1160. The molecule has 0 bridgehead atoms. The second-order valence-corrected chi connectivity index (χ2v) is 13.2. The maximum atomic E-state index is 13.3. The smallest absolute Gasteiger partial charge is 0.350 e. The summed E-state index contributed by atoms with van der Waals surface area (Å²) in [6.45, 7) is 10.6. The summed E-state index contributed by atoms with van der Waals surface area (Å²) in [7, 11) is 0. The van der Waals surface area contributed by atoms with Gasteiger partial charge in [-0.25, -0.2) is 4.79 Å². The summed E-state index contributed by atoms with van der Waals surface area (Å²) in [5.74, 6) is -3.05. The van der Waals surface area contributed by atoms with Gasteiger partial charge in [-0.15, -0.1) is 0 Å². The van der Waals surface area contributed by atoms with E-state index in [1.807, 2.05) is 6.08 Å². The van der Waals surface area contributed by atoms with Gasteiger partial charge in [-0.2, -0.15) is 0 Å². The summed E-state index contributed by atoms with van der Waals surface area (Å²) >= 11 is 0. The highest BCUT2D eigenvalue weighted by molar-refractivity contribution is 5.82. The zero-order valence-corrected chi connectivity index (χ0v) is 25.2. The molecule has 2 saturated heterocycles. The second-order valence-electron chi connectivity index (χ2n) is 13.2. The molecule has 1 N–H and O–H groups in total. The first-order valence-corrected chi connectivity index (χ1v) is 14.6. The molecule has 5 rings (SSSR count). The Balaban J connectivity index is 1.61. The fourth-order valence-electron chi connectivity index (χ4n) is 8.26. The first-order valence-electron chi connectivity index (χ1n) is 14.6. The minimum atomic E-state index is -1.64. The van der Waals surface area contributed by atoms with Crippen LogP contribution in [0.1, 0.15) is 67.7 Å². The van der Waals surface area contributed by atoms with Gasteiger partial charge >= 0.3 is 23.9 Å². The minimum Gasteiger partial charge on any atom is -0.472 e. The van der Waals surface area contributed by atoms with Crippen LogP contribution in [0.3, 0.4) is 0 Å². The summed E-state index contributed by atoms with van der Waals surface area (Å²) in [5.41, 5.74) is -4.84. The average Bonchev–Trinajstić information content (AvgIpc) is 3.36. The van der Waals surface area contributed by atoms with Crippen LogP contribution >= 0.6 is 0 Å². The van der Waals surface area contributed by atoms with Crippen molar-refractivity contribution in [3.05, 3.63) is 12.3 Å². The monoisotopic (exact) mass is 594 g/mol. The van der Waals surface area contributed by atoms with E-state index in [2.05, 4.69) is 13.8 Å². The van der Waals surface area contributed by atoms with E-state index in [1.165, 1.54) is 34.6 Å². The van der Waals surface area contributed by atoms with Crippen LogP contribution in [-0.2, 0) is 52.3 Å². The lowest BCUT2D eigenvalue weighted by Crippen LogP contribution is -2.74. The Morgan fingerprint density at radius 1 is 1.02 bits per heavy atom. The molecule has 0 aromatic carbocycles.